The number of hydrogen-bond acceptors (Lipinski definition) is 4. The van der Waals surface area contributed by atoms with Gasteiger partial charge in [0.15, 0.2) is 0 Å². The average Bonchev–Trinajstić information content (AvgIpc) is 3.14. The minimum absolute atomic E-state index is 0.0849. The van der Waals surface area contributed by atoms with Gasteiger partial charge in [-0.15, -0.1) is 0 Å². The molecule has 1 atom stereocenters. The zero-order valence-corrected chi connectivity index (χ0v) is 19.7. The van der Waals surface area contributed by atoms with E-state index in [0.717, 1.165) is 16.7 Å². The summed E-state index contributed by atoms with van der Waals surface area (Å²) in [6.45, 7) is 4.13. The SMILES string of the molecule is COC(=O)[C@H](C(C)C)N1Cc2ccc(-c3ccc(NC(=O)Nc4cccc(F)c4)cc3)cc2C1=O. The van der Waals surface area contributed by atoms with Crippen molar-refractivity contribution in [3.63, 3.8) is 0 Å². The highest BCUT2D eigenvalue weighted by atomic mass is 19.1. The second-order valence-electron chi connectivity index (χ2n) is 8.68. The summed E-state index contributed by atoms with van der Waals surface area (Å²) in [6.07, 6.45) is 0. The van der Waals surface area contributed by atoms with Crippen LogP contribution in [0.15, 0.2) is 66.7 Å². The van der Waals surface area contributed by atoms with Crippen molar-refractivity contribution in [2.75, 3.05) is 17.7 Å². The van der Waals surface area contributed by atoms with E-state index in [0.29, 0.717) is 23.5 Å². The molecule has 7 nitrogen and oxygen atoms in total. The zero-order valence-electron chi connectivity index (χ0n) is 19.7. The number of nitrogens with zero attached hydrogens (tertiary/aromatic N) is 1. The predicted molar refractivity (Wildman–Crippen MR) is 131 cm³/mol. The van der Waals surface area contributed by atoms with Gasteiger partial charge in [0, 0.05) is 23.5 Å². The van der Waals surface area contributed by atoms with Gasteiger partial charge in [-0.05, 0) is 59.0 Å². The van der Waals surface area contributed by atoms with Crippen LogP contribution in [-0.2, 0) is 16.1 Å². The third-order valence-corrected chi connectivity index (χ3v) is 5.91. The number of methoxy groups -OCH3 is 1. The molecular formula is C27H26FN3O4. The normalized spacial score (nSPS) is 13.4. The molecule has 1 aliphatic heterocycles. The number of urea groups is 1. The first kappa shape index (κ1) is 23.9. The second-order valence-corrected chi connectivity index (χ2v) is 8.68. The molecule has 4 rings (SSSR count). The summed E-state index contributed by atoms with van der Waals surface area (Å²) in [5.74, 6) is -1.14. The maximum atomic E-state index is 13.3. The number of ether oxygens (including phenoxy) is 1. The number of benzene rings is 3. The number of carbonyl (C=O) groups excluding carboxylic acids is 3. The topological polar surface area (TPSA) is 87.7 Å². The number of esters is 1. The van der Waals surface area contributed by atoms with Crippen molar-refractivity contribution >= 4 is 29.3 Å². The van der Waals surface area contributed by atoms with Crippen LogP contribution < -0.4 is 10.6 Å². The standard InChI is InChI=1S/C27H26FN3O4/c1-16(2)24(26(33)35-3)31-15-19-8-7-18(13-23(19)25(31)32)17-9-11-21(12-10-17)29-27(34)30-22-6-4-5-20(28)14-22/h4-14,16,24H,15H2,1-3H3,(H2,29,30,34)/t24-/m0/s1. The molecule has 0 radical (unpaired) electrons. The van der Waals surface area contributed by atoms with Crippen LogP contribution >= 0.6 is 0 Å². The molecule has 35 heavy (non-hydrogen) atoms. The molecule has 1 heterocycles. The van der Waals surface area contributed by atoms with Crippen molar-refractivity contribution in [2.24, 2.45) is 5.92 Å². The largest absolute Gasteiger partial charge is 0.467 e. The number of halogens is 1. The molecule has 1 aliphatic rings. The number of fused-ring (bicyclic) bond motifs is 1. The van der Waals surface area contributed by atoms with E-state index in [4.69, 9.17) is 4.74 Å². The zero-order chi connectivity index (χ0) is 25.1. The molecule has 0 aliphatic carbocycles. The molecule has 0 spiro atoms. The Labute approximate surface area is 202 Å². The molecule has 0 saturated carbocycles. The number of amides is 3. The fraction of sp³-hybridized carbons (Fsp3) is 0.222. The fourth-order valence-electron chi connectivity index (χ4n) is 4.21. The first-order chi connectivity index (χ1) is 16.8. The molecular weight excluding hydrogens is 449 g/mol. The number of hydrogen-bond donors (Lipinski definition) is 2. The molecule has 8 heteroatoms. The Kier molecular flexibility index (Phi) is 6.82. The van der Waals surface area contributed by atoms with Crippen molar-refractivity contribution in [2.45, 2.75) is 26.4 Å². The van der Waals surface area contributed by atoms with Crippen molar-refractivity contribution in [3.05, 3.63) is 83.7 Å². The Morgan fingerprint density at radius 3 is 2.29 bits per heavy atom. The third-order valence-electron chi connectivity index (χ3n) is 5.91. The van der Waals surface area contributed by atoms with E-state index < -0.39 is 23.9 Å². The maximum absolute atomic E-state index is 13.3. The van der Waals surface area contributed by atoms with E-state index >= 15 is 0 Å². The molecule has 0 saturated heterocycles. The van der Waals surface area contributed by atoms with Crippen LogP contribution in [0, 0.1) is 11.7 Å². The number of rotatable bonds is 6. The number of anilines is 2. The summed E-state index contributed by atoms with van der Waals surface area (Å²) in [5, 5.41) is 5.28. The quantitative estimate of drug-likeness (QED) is 0.474. The van der Waals surface area contributed by atoms with Crippen LogP contribution in [0.5, 0.6) is 0 Å². The van der Waals surface area contributed by atoms with Gasteiger partial charge in [-0.3, -0.25) is 4.79 Å². The van der Waals surface area contributed by atoms with Gasteiger partial charge < -0.3 is 20.3 Å². The summed E-state index contributed by atoms with van der Waals surface area (Å²) < 4.78 is 18.2. The highest BCUT2D eigenvalue weighted by Crippen LogP contribution is 2.32. The second kappa shape index (κ2) is 9.97. The van der Waals surface area contributed by atoms with Crippen LogP contribution in [-0.4, -0.2) is 36.0 Å². The smallest absolute Gasteiger partial charge is 0.328 e. The highest BCUT2D eigenvalue weighted by Gasteiger charge is 2.38. The van der Waals surface area contributed by atoms with Crippen LogP contribution in [0.2, 0.25) is 0 Å². The van der Waals surface area contributed by atoms with E-state index in [2.05, 4.69) is 10.6 Å². The lowest BCUT2D eigenvalue weighted by molar-refractivity contribution is -0.147. The predicted octanol–water partition coefficient (Wildman–Crippen LogP) is 5.29. The monoisotopic (exact) mass is 475 g/mol. The van der Waals surface area contributed by atoms with Crippen LogP contribution in [0.25, 0.3) is 11.1 Å². The molecule has 180 valence electrons. The van der Waals surface area contributed by atoms with Crippen molar-refractivity contribution in [3.8, 4) is 11.1 Å². The van der Waals surface area contributed by atoms with Gasteiger partial charge in [-0.2, -0.15) is 0 Å². The molecule has 0 bridgehead atoms. The summed E-state index contributed by atoms with van der Waals surface area (Å²) in [4.78, 5) is 39.2. The summed E-state index contributed by atoms with van der Waals surface area (Å²) in [7, 11) is 1.33. The molecule has 2 N–H and O–H groups in total. The lowest BCUT2D eigenvalue weighted by atomic mass is 10.00. The van der Waals surface area contributed by atoms with E-state index in [9.17, 15) is 18.8 Å². The Hall–Kier alpha value is -4.20. The molecule has 3 aromatic rings. The Morgan fingerprint density at radius 1 is 0.943 bits per heavy atom. The minimum Gasteiger partial charge on any atom is -0.467 e. The molecule has 0 fully saturated rings. The van der Waals surface area contributed by atoms with E-state index in [1.54, 1.807) is 23.1 Å². The van der Waals surface area contributed by atoms with E-state index in [1.165, 1.54) is 25.3 Å². The first-order valence-electron chi connectivity index (χ1n) is 11.2. The highest BCUT2D eigenvalue weighted by molar-refractivity contribution is 6.02. The van der Waals surface area contributed by atoms with Crippen molar-refractivity contribution in [1.29, 1.82) is 0 Å². The fourth-order valence-corrected chi connectivity index (χ4v) is 4.21. The van der Waals surface area contributed by atoms with Gasteiger partial charge in [0.25, 0.3) is 5.91 Å². The van der Waals surface area contributed by atoms with Gasteiger partial charge >= 0.3 is 12.0 Å². The Balaban J connectivity index is 1.47. The van der Waals surface area contributed by atoms with Gasteiger partial charge in [0.2, 0.25) is 0 Å². The third kappa shape index (κ3) is 5.16. The average molecular weight is 476 g/mol. The minimum atomic E-state index is -0.646. The Morgan fingerprint density at radius 2 is 1.63 bits per heavy atom. The summed E-state index contributed by atoms with van der Waals surface area (Å²) in [6, 6.07) is 17.3. The number of carbonyl (C=O) groups is 3. The molecule has 0 aromatic heterocycles. The van der Waals surface area contributed by atoms with Gasteiger partial charge in [0.05, 0.1) is 7.11 Å². The Bertz CT molecular complexity index is 1270. The van der Waals surface area contributed by atoms with Crippen LogP contribution in [0.4, 0.5) is 20.6 Å². The van der Waals surface area contributed by atoms with Crippen LogP contribution in [0.3, 0.4) is 0 Å². The summed E-state index contributed by atoms with van der Waals surface area (Å²) >= 11 is 0. The number of nitrogens with one attached hydrogen (secondary N) is 2. The lowest BCUT2D eigenvalue weighted by Crippen LogP contribution is -2.45. The van der Waals surface area contributed by atoms with Gasteiger partial charge in [-0.25, -0.2) is 14.0 Å². The molecule has 0 unspecified atom stereocenters. The molecule has 3 aromatic carbocycles. The van der Waals surface area contributed by atoms with E-state index in [1.807, 2.05) is 44.2 Å². The first-order valence-corrected chi connectivity index (χ1v) is 11.2. The van der Waals surface area contributed by atoms with Gasteiger partial charge in [-0.1, -0.05) is 44.2 Å². The lowest BCUT2D eigenvalue weighted by Gasteiger charge is -2.28. The van der Waals surface area contributed by atoms with Gasteiger partial charge in [0.1, 0.15) is 11.9 Å². The molecule has 3 amide bonds. The van der Waals surface area contributed by atoms with E-state index in [-0.39, 0.29) is 11.8 Å². The van der Waals surface area contributed by atoms with Crippen LogP contribution in [0.1, 0.15) is 29.8 Å². The maximum Gasteiger partial charge on any atom is 0.328 e. The summed E-state index contributed by atoms with van der Waals surface area (Å²) in [5.41, 5.74) is 4.04. The van der Waals surface area contributed by atoms with Crippen molar-refractivity contribution in [1.82, 2.24) is 4.90 Å². The van der Waals surface area contributed by atoms with Crippen molar-refractivity contribution < 1.29 is 23.5 Å².